The van der Waals surface area contributed by atoms with Crippen LogP contribution in [0, 0.1) is 0 Å². The molecule has 150 valence electrons. The standard InChI is InChI=1S/C23H21N5O2/c29-22(13-19-6-3-5-18-4-1-2-7-20(18)19)27-15-23(30)26-14-17-8-9-25-21(12-17)28-11-10-24-16-28/h1-12,16H,13-15H2,(H,26,30)(H,27,29). The first-order valence-corrected chi connectivity index (χ1v) is 9.62. The molecule has 2 amide bonds. The molecule has 7 heteroatoms. The highest BCUT2D eigenvalue weighted by Gasteiger charge is 2.09. The van der Waals surface area contributed by atoms with Crippen LogP contribution in [0.2, 0.25) is 0 Å². The Morgan fingerprint density at radius 2 is 1.80 bits per heavy atom. The first-order valence-electron chi connectivity index (χ1n) is 9.62. The SMILES string of the molecule is O=C(CNC(=O)Cc1cccc2ccccc12)NCc1ccnc(-n2ccnc2)c1. The van der Waals surface area contributed by atoms with Crippen molar-refractivity contribution in [2.45, 2.75) is 13.0 Å². The molecule has 2 heterocycles. The van der Waals surface area contributed by atoms with E-state index in [9.17, 15) is 9.59 Å². The van der Waals surface area contributed by atoms with Gasteiger partial charge in [-0.05, 0) is 34.0 Å². The third-order valence-electron chi connectivity index (χ3n) is 4.75. The second-order valence-electron chi connectivity index (χ2n) is 6.86. The minimum atomic E-state index is -0.248. The molecule has 0 spiro atoms. The first kappa shape index (κ1) is 19.3. The number of carbonyl (C=O) groups excluding carboxylic acids is 2. The van der Waals surface area contributed by atoms with Gasteiger partial charge in [0.1, 0.15) is 12.1 Å². The van der Waals surface area contributed by atoms with Crippen LogP contribution in [-0.2, 0) is 22.6 Å². The van der Waals surface area contributed by atoms with Gasteiger partial charge in [0.25, 0.3) is 0 Å². The molecule has 0 fully saturated rings. The monoisotopic (exact) mass is 399 g/mol. The molecule has 2 aromatic heterocycles. The summed E-state index contributed by atoms with van der Waals surface area (Å²) in [5.41, 5.74) is 1.85. The van der Waals surface area contributed by atoms with Crippen molar-refractivity contribution in [2.24, 2.45) is 0 Å². The lowest BCUT2D eigenvalue weighted by Gasteiger charge is -2.09. The molecule has 0 aliphatic carbocycles. The second-order valence-corrected chi connectivity index (χ2v) is 6.86. The molecule has 4 aromatic rings. The number of rotatable bonds is 7. The van der Waals surface area contributed by atoms with Gasteiger partial charge in [0.2, 0.25) is 11.8 Å². The molecule has 2 N–H and O–H groups in total. The van der Waals surface area contributed by atoms with Crippen molar-refractivity contribution in [3.8, 4) is 5.82 Å². The van der Waals surface area contributed by atoms with Gasteiger partial charge in [-0.25, -0.2) is 9.97 Å². The molecule has 0 atom stereocenters. The summed E-state index contributed by atoms with van der Waals surface area (Å²) in [5, 5.41) is 7.64. The Kier molecular flexibility index (Phi) is 5.80. The number of aromatic nitrogens is 3. The largest absolute Gasteiger partial charge is 0.350 e. The molecule has 4 rings (SSSR count). The summed E-state index contributed by atoms with van der Waals surface area (Å²) in [4.78, 5) is 32.7. The maximum absolute atomic E-state index is 12.3. The molecule has 0 bridgehead atoms. The Bertz CT molecular complexity index is 1170. The van der Waals surface area contributed by atoms with Gasteiger partial charge >= 0.3 is 0 Å². The Balaban J connectivity index is 1.28. The summed E-state index contributed by atoms with van der Waals surface area (Å²) in [6.45, 7) is 0.283. The van der Waals surface area contributed by atoms with Crippen molar-refractivity contribution in [1.82, 2.24) is 25.2 Å². The average Bonchev–Trinajstić information content (AvgIpc) is 3.32. The van der Waals surface area contributed by atoms with E-state index >= 15 is 0 Å². The molecule has 0 aliphatic rings. The number of nitrogens with one attached hydrogen (secondary N) is 2. The van der Waals surface area contributed by atoms with E-state index in [-0.39, 0.29) is 24.8 Å². The highest BCUT2D eigenvalue weighted by atomic mass is 16.2. The number of amides is 2. The van der Waals surface area contributed by atoms with Gasteiger partial charge in [-0.2, -0.15) is 0 Å². The van der Waals surface area contributed by atoms with Gasteiger partial charge in [0.15, 0.2) is 0 Å². The third kappa shape index (κ3) is 4.70. The van der Waals surface area contributed by atoms with Crippen molar-refractivity contribution in [2.75, 3.05) is 6.54 Å². The fraction of sp³-hybridized carbons (Fsp3) is 0.130. The molecule has 7 nitrogen and oxygen atoms in total. The van der Waals surface area contributed by atoms with Crippen molar-refractivity contribution < 1.29 is 9.59 Å². The number of benzene rings is 2. The summed E-state index contributed by atoms with van der Waals surface area (Å²) >= 11 is 0. The molecule has 30 heavy (non-hydrogen) atoms. The van der Waals surface area contributed by atoms with Crippen LogP contribution in [0.1, 0.15) is 11.1 Å². The number of imidazole rings is 1. The van der Waals surface area contributed by atoms with Gasteiger partial charge in [0.05, 0.1) is 13.0 Å². The number of fused-ring (bicyclic) bond motifs is 1. The summed E-state index contributed by atoms with van der Waals surface area (Å²) in [6.07, 6.45) is 7.05. The zero-order valence-electron chi connectivity index (χ0n) is 16.3. The normalized spacial score (nSPS) is 10.7. The number of hydrogen-bond donors (Lipinski definition) is 2. The van der Waals surface area contributed by atoms with Gasteiger partial charge < -0.3 is 10.6 Å². The molecule has 0 saturated heterocycles. The van der Waals surface area contributed by atoms with Crippen molar-refractivity contribution in [3.63, 3.8) is 0 Å². The Morgan fingerprint density at radius 3 is 2.67 bits per heavy atom. The summed E-state index contributed by atoms with van der Waals surface area (Å²) < 4.78 is 1.79. The Labute approximate surface area is 173 Å². The fourth-order valence-corrected chi connectivity index (χ4v) is 3.23. The predicted octanol–water partition coefficient (Wildman–Crippen LogP) is 2.40. The second kappa shape index (κ2) is 9.00. The van der Waals surface area contributed by atoms with E-state index in [2.05, 4.69) is 20.6 Å². The minimum Gasteiger partial charge on any atom is -0.350 e. The third-order valence-corrected chi connectivity index (χ3v) is 4.75. The van der Waals surface area contributed by atoms with E-state index < -0.39 is 0 Å². The highest BCUT2D eigenvalue weighted by molar-refractivity contribution is 5.91. The predicted molar refractivity (Wildman–Crippen MR) is 114 cm³/mol. The Morgan fingerprint density at radius 1 is 0.933 bits per heavy atom. The van der Waals surface area contributed by atoms with Gasteiger partial charge in [-0.1, -0.05) is 42.5 Å². The van der Waals surface area contributed by atoms with Crippen LogP contribution in [0.25, 0.3) is 16.6 Å². The molecule has 0 aliphatic heterocycles. The van der Waals surface area contributed by atoms with Crippen LogP contribution >= 0.6 is 0 Å². The number of pyridine rings is 1. The molecule has 0 radical (unpaired) electrons. The lowest BCUT2D eigenvalue weighted by Crippen LogP contribution is -2.37. The summed E-state index contributed by atoms with van der Waals surface area (Å²) in [6, 6.07) is 17.5. The number of carbonyl (C=O) groups is 2. The quantitative estimate of drug-likeness (QED) is 0.499. The zero-order valence-corrected chi connectivity index (χ0v) is 16.3. The van der Waals surface area contributed by atoms with Gasteiger partial charge in [-0.15, -0.1) is 0 Å². The zero-order chi connectivity index (χ0) is 20.8. The first-order chi connectivity index (χ1) is 14.7. The fourth-order valence-electron chi connectivity index (χ4n) is 3.23. The smallest absolute Gasteiger partial charge is 0.239 e. The van der Waals surface area contributed by atoms with Crippen molar-refractivity contribution in [3.05, 3.63) is 90.6 Å². The van der Waals surface area contributed by atoms with Gasteiger partial charge in [0, 0.05) is 25.1 Å². The number of nitrogens with zero attached hydrogens (tertiary/aromatic N) is 3. The van der Waals surface area contributed by atoms with E-state index in [0.29, 0.717) is 6.54 Å². The van der Waals surface area contributed by atoms with Crippen LogP contribution in [0.3, 0.4) is 0 Å². The number of hydrogen-bond acceptors (Lipinski definition) is 4. The van der Waals surface area contributed by atoms with E-state index in [4.69, 9.17) is 0 Å². The molecular formula is C23H21N5O2. The maximum Gasteiger partial charge on any atom is 0.239 e. The van der Waals surface area contributed by atoms with Crippen LogP contribution in [-0.4, -0.2) is 32.9 Å². The maximum atomic E-state index is 12.3. The lowest BCUT2D eigenvalue weighted by atomic mass is 10.0. The molecule has 2 aromatic carbocycles. The van der Waals surface area contributed by atoms with Crippen LogP contribution in [0.15, 0.2) is 79.5 Å². The minimum absolute atomic E-state index is 0.0664. The van der Waals surface area contributed by atoms with Crippen LogP contribution < -0.4 is 10.6 Å². The average molecular weight is 399 g/mol. The highest BCUT2D eigenvalue weighted by Crippen LogP contribution is 2.18. The van der Waals surface area contributed by atoms with Crippen LogP contribution in [0.5, 0.6) is 0 Å². The van der Waals surface area contributed by atoms with Crippen LogP contribution in [0.4, 0.5) is 0 Å². The van der Waals surface area contributed by atoms with Gasteiger partial charge in [-0.3, -0.25) is 14.2 Å². The summed E-state index contributed by atoms with van der Waals surface area (Å²) in [7, 11) is 0. The molecular weight excluding hydrogens is 378 g/mol. The van der Waals surface area contributed by atoms with E-state index in [1.54, 1.807) is 29.5 Å². The molecule has 0 saturated carbocycles. The Hall–Kier alpha value is -4.00. The van der Waals surface area contributed by atoms with Crippen molar-refractivity contribution in [1.29, 1.82) is 0 Å². The van der Waals surface area contributed by atoms with E-state index in [0.717, 1.165) is 27.7 Å². The topological polar surface area (TPSA) is 88.9 Å². The molecule has 0 unspecified atom stereocenters. The summed E-state index contributed by atoms with van der Waals surface area (Å²) in [5.74, 6) is 0.290. The lowest BCUT2D eigenvalue weighted by molar-refractivity contribution is -0.125. The van der Waals surface area contributed by atoms with E-state index in [1.165, 1.54) is 0 Å². The van der Waals surface area contributed by atoms with Crippen molar-refractivity contribution >= 4 is 22.6 Å². The van der Waals surface area contributed by atoms with E-state index in [1.807, 2.05) is 54.6 Å².